The maximum atomic E-state index is 13.5. The molecule has 1 N–H and O–H groups in total. The summed E-state index contributed by atoms with van der Waals surface area (Å²) in [4.78, 5) is 44.1. The molecule has 0 atom stereocenters. The van der Waals surface area contributed by atoms with Crippen LogP contribution in [0.15, 0.2) is 62.5 Å². The number of thioether (sulfide) groups is 1. The van der Waals surface area contributed by atoms with Crippen LogP contribution in [0.2, 0.25) is 0 Å². The molecule has 0 bridgehead atoms. The number of fused-ring (bicyclic) bond motifs is 1. The van der Waals surface area contributed by atoms with Gasteiger partial charge in [-0.05, 0) is 30.5 Å². The Kier molecular flexibility index (Phi) is 6.52. The van der Waals surface area contributed by atoms with Crippen LogP contribution in [0.4, 0.5) is 5.69 Å². The zero-order chi connectivity index (χ0) is 23.5. The largest absolute Gasteiger partial charge is 0.495 e. The summed E-state index contributed by atoms with van der Waals surface area (Å²) in [5.41, 5.74) is -0.283. The van der Waals surface area contributed by atoms with Crippen molar-refractivity contribution in [1.29, 1.82) is 0 Å². The Morgan fingerprint density at radius 2 is 1.73 bits per heavy atom. The van der Waals surface area contributed by atoms with Gasteiger partial charge in [-0.3, -0.25) is 14.2 Å². The average molecular weight is 485 g/mol. The van der Waals surface area contributed by atoms with E-state index in [9.17, 15) is 14.4 Å². The van der Waals surface area contributed by atoms with Gasteiger partial charge in [-0.2, -0.15) is 0 Å². The number of carbonyl (C=O) groups is 1. The average Bonchev–Trinajstić information content (AvgIpc) is 3.27. The van der Waals surface area contributed by atoms with Gasteiger partial charge in [0.1, 0.15) is 22.7 Å². The Bertz CT molecular complexity index is 1460. The fourth-order valence-corrected chi connectivity index (χ4v) is 4.85. The minimum atomic E-state index is -0.690. The first-order valence-corrected chi connectivity index (χ1v) is 11.8. The lowest BCUT2D eigenvalue weighted by Gasteiger charge is -2.14. The molecule has 0 aliphatic heterocycles. The molecule has 0 unspecified atom stereocenters. The fraction of sp³-hybridized carbons (Fsp3) is 0.182. The van der Waals surface area contributed by atoms with Gasteiger partial charge in [-0.15, -0.1) is 11.3 Å². The van der Waals surface area contributed by atoms with Crippen LogP contribution in [0.5, 0.6) is 11.5 Å². The number of rotatable bonds is 7. The van der Waals surface area contributed by atoms with Gasteiger partial charge < -0.3 is 14.8 Å². The second-order valence-corrected chi connectivity index (χ2v) is 8.82. The summed E-state index contributed by atoms with van der Waals surface area (Å²) < 4.78 is 13.7. The predicted molar refractivity (Wildman–Crippen MR) is 129 cm³/mol. The van der Waals surface area contributed by atoms with Crippen LogP contribution in [0, 0.1) is 0 Å². The van der Waals surface area contributed by atoms with Gasteiger partial charge in [-0.25, -0.2) is 14.3 Å². The van der Waals surface area contributed by atoms with Crippen molar-refractivity contribution in [2.24, 2.45) is 0 Å². The van der Waals surface area contributed by atoms with Crippen LogP contribution in [0.25, 0.3) is 16.0 Å². The SMILES string of the molecule is COc1ccccc1NC(=O)Cn1c(=O)n(-c2ccccc2OC)c(=O)c2sc(SC)nc21. The van der Waals surface area contributed by atoms with Crippen molar-refractivity contribution in [1.82, 2.24) is 14.1 Å². The summed E-state index contributed by atoms with van der Waals surface area (Å²) in [5.74, 6) is 0.378. The van der Waals surface area contributed by atoms with Crippen LogP contribution in [-0.2, 0) is 11.3 Å². The lowest BCUT2D eigenvalue weighted by Crippen LogP contribution is -2.40. The van der Waals surface area contributed by atoms with Gasteiger partial charge in [-0.1, -0.05) is 36.0 Å². The monoisotopic (exact) mass is 484 g/mol. The number of nitrogens with one attached hydrogen (secondary N) is 1. The number of ether oxygens (including phenoxy) is 2. The highest BCUT2D eigenvalue weighted by molar-refractivity contribution is 8.00. The molecule has 0 radical (unpaired) electrons. The third kappa shape index (κ3) is 4.24. The van der Waals surface area contributed by atoms with Crippen molar-refractivity contribution in [3.63, 3.8) is 0 Å². The van der Waals surface area contributed by atoms with E-state index in [1.807, 2.05) is 6.26 Å². The quantitative estimate of drug-likeness (QED) is 0.402. The first kappa shape index (κ1) is 22.6. The summed E-state index contributed by atoms with van der Waals surface area (Å²) in [6.45, 7) is -0.347. The molecule has 4 rings (SSSR count). The summed E-state index contributed by atoms with van der Waals surface area (Å²) >= 11 is 2.53. The molecule has 33 heavy (non-hydrogen) atoms. The third-order valence-electron chi connectivity index (χ3n) is 4.85. The minimum absolute atomic E-state index is 0.167. The van der Waals surface area contributed by atoms with E-state index in [2.05, 4.69) is 10.3 Å². The predicted octanol–water partition coefficient (Wildman–Crippen LogP) is 2.99. The van der Waals surface area contributed by atoms with Gasteiger partial charge in [0, 0.05) is 0 Å². The molecule has 4 aromatic rings. The molecule has 2 aromatic carbocycles. The number of methoxy groups -OCH3 is 2. The van der Waals surface area contributed by atoms with Gasteiger partial charge in [0.2, 0.25) is 5.91 Å². The van der Waals surface area contributed by atoms with Crippen molar-refractivity contribution >= 4 is 45.0 Å². The van der Waals surface area contributed by atoms with Crippen molar-refractivity contribution in [3.8, 4) is 17.2 Å². The molecule has 0 aliphatic carbocycles. The molecule has 0 saturated carbocycles. The Balaban J connectivity index is 1.87. The summed E-state index contributed by atoms with van der Waals surface area (Å²) in [5, 5.41) is 2.75. The highest BCUT2D eigenvalue weighted by Gasteiger charge is 2.22. The van der Waals surface area contributed by atoms with E-state index in [4.69, 9.17) is 9.47 Å². The number of hydrogen-bond donors (Lipinski definition) is 1. The lowest BCUT2D eigenvalue weighted by atomic mass is 10.3. The maximum Gasteiger partial charge on any atom is 0.337 e. The van der Waals surface area contributed by atoms with E-state index in [-0.39, 0.29) is 22.6 Å². The Hall–Kier alpha value is -3.57. The number of thiazole rings is 1. The van der Waals surface area contributed by atoms with E-state index in [0.717, 1.165) is 4.57 Å². The minimum Gasteiger partial charge on any atom is -0.495 e. The third-order valence-corrected chi connectivity index (χ3v) is 6.87. The smallest absolute Gasteiger partial charge is 0.337 e. The number of hydrogen-bond acceptors (Lipinski definition) is 8. The number of aromatic nitrogens is 3. The second kappa shape index (κ2) is 9.51. The van der Waals surface area contributed by atoms with Crippen LogP contribution in [-0.4, -0.2) is 40.5 Å². The molecule has 0 fully saturated rings. The van der Waals surface area contributed by atoms with Crippen LogP contribution < -0.4 is 26.0 Å². The van der Waals surface area contributed by atoms with Crippen molar-refractivity contribution in [3.05, 3.63) is 69.4 Å². The molecule has 0 saturated heterocycles. The molecular weight excluding hydrogens is 464 g/mol. The highest BCUT2D eigenvalue weighted by atomic mass is 32.2. The molecule has 1 amide bonds. The van der Waals surface area contributed by atoms with Crippen LogP contribution in [0.1, 0.15) is 0 Å². The molecular formula is C22H20N4O5S2. The lowest BCUT2D eigenvalue weighted by molar-refractivity contribution is -0.116. The summed E-state index contributed by atoms with van der Waals surface area (Å²) in [7, 11) is 2.96. The summed E-state index contributed by atoms with van der Waals surface area (Å²) in [6.07, 6.45) is 1.83. The zero-order valence-corrected chi connectivity index (χ0v) is 19.7. The number of amides is 1. The van der Waals surface area contributed by atoms with Crippen LogP contribution in [0.3, 0.4) is 0 Å². The molecule has 170 valence electrons. The van der Waals surface area contributed by atoms with Gasteiger partial charge >= 0.3 is 5.69 Å². The number of carbonyl (C=O) groups excluding carboxylic acids is 1. The van der Waals surface area contributed by atoms with E-state index in [1.165, 1.54) is 41.9 Å². The van der Waals surface area contributed by atoms with Crippen molar-refractivity contribution in [2.75, 3.05) is 25.8 Å². The maximum absolute atomic E-state index is 13.5. The molecule has 2 aromatic heterocycles. The Morgan fingerprint density at radius 1 is 1.06 bits per heavy atom. The fourth-order valence-electron chi connectivity index (χ4n) is 3.35. The van der Waals surface area contributed by atoms with E-state index < -0.39 is 17.2 Å². The van der Waals surface area contributed by atoms with E-state index >= 15 is 0 Å². The number of para-hydroxylation sites is 4. The molecule has 11 heteroatoms. The Labute approximate surface area is 196 Å². The normalized spacial score (nSPS) is 10.9. The number of nitrogens with zero attached hydrogens (tertiary/aromatic N) is 3. The van der Waals surface area contributed by atoms with Crippen molar-refractivity contribution < 1.29 is 14.3 Å². The molecule has 0 aliphatic rings. The highest BCUT2D eigenvalue weighted by Crippen LogP contribution is 2.27. The van der Waals surface area contributed by atoms with Gasteiger partial charge in [0.15, 0.2) is 9.99 Å². The first-order chi connectivity index (χ1) is 16.0. The second-order valence-electron chi connectivity index (χ2n) is 6.77. The zero-order valence-electron chi connectivity index (χ0n) is 18.0. The topological polar surface area (TPSA) is 104 Å². The standard InChI is InChI=1S/C22H20N4O5S2/c1-30-15-10-6-4-8-13(15)23-17(27)12-25-19-18(33-21(24-19)32-3)20(28)26(22(25)29)14-9-5-7-11-16(14)31-2/h4-11H,12H2,1-3H3,(H,23,27). The first-order valence-electron chi connectivity index (χ1n) is 9.75. The molecule has 2 heterocycles. The van der Waals surface area contributed by atoms with Gasteiger partial charge in [0.05, 0.1) is 25.6 Å². The molecule has 0 spiro atoms. The van der Waals surface area contributed by atoms with Crippen LogP contribution >= 0.6 is 23.1 Å². The summed E-state index contributed by atoms with van der Waals surface area (Å²) in [6, 6.07) is 13.7. The van der Waals surface area contributed by atoms with E-state index in [1.54, 1.807) is 48.5 Å². The number of benzene rings is 2. The van der Waals surface area contributed by atoms with Crippen molar-refractivity contribution in [2.45, 2.75) is 10.9 Å². The van der Waals surface area contributed by atoms with Gasteiger partial charge in [0.25, 0.3) is 5.56 Å². The Morgan fingerprint density at radius 3 is 2.42 bits per heavy atom. The number of anilines is 1. The van der Waals surface area contributed by atoms with E-state index in [0.29, 0.717) is 21.5 Å². The molecule has 9 nitrogen and oxygen atoms in total.